The van der Waals surface area contributed by atoms with Crippen molar-refractivity contribution in [3.63, 3.8) is 0 Å². The summed E-state index contributed by atoms with van der Waals surface area (Å²) in [5.74, 6) is 2.47. The third kappa shape index (κ3) is 3.50. The third-order valence-electron chi connectivity index (χ3n) is 4.40. The van der Waals surface area contributed by atoms with Crippen molar-refractivity contribution in [3.8, 4) is 6.07 Å². The lowest BCUT2D eigenvalue weighted by Crippen LogP contribution is -2.24. The first-order valence-corrected chi connectivity index (χ1v) is 7.95. The van der Waals surface area contributed by atoms with E-state index >= 15 is 0 Å². The highest BCUT2D eigenvalue weighted by Gasteiger charge is 2.33. The molecule has 21 heavy (non-hydrogen) atoms. The maximum Gasteiger partial charge on any atom is 0.105 e. The topological polar surface area (TPSA) is 42.2 Å². The largest absolute Gasteiger partial charge is 0.500 e. The number of unbranched alkanes of at least 4 members (excludes halogenated alkanes) is 1. The normalized spacial score (nSPS) is 24.6. The molecule has 3 aliphatic rings. The van der Waals surface area contributed by atoms with E-state index in [-0.39, 0.29) is 11.8 Å². The number of nitriles is 1. The summed E-state index contributed by atoms with van der Waals surface area (Å²) < 4.78 is 11.4. The summed E-state index contributed by atoms with van der Waals surface area (Å²) in [5.41, 5.74) is 0.768. The highest BCUT2D eigenvalue weighted by Crippen LogP contribution is 2.40. The van der Waals surface area contributed by atoms with Crippen LogP contribution in [0.2, 0.25) is 0 Å². The van der Waals surface area contributed by atoms with E-state index in [1.807, 2.05) is 6.08 Å². The summed E-state index contributed by atoms with van der Waals surface area (Å²) in [6.07, 6.45) is 11.0. The van der Waals surface area contributed by atoms with E-state index in [0.29, 0.717) is 5.92 Å². The van der Waals surface area contributed by atoms with Gasteiger partial charge < -0.3 is 9.47 Å². The second-order valence-corrected chi connectivity index (χ2v) is 5.81. The number of nitrogens with zero attached hydrogens (tertiary/aromatic N) is 1. The number of allylic oxidation sites excluding steroid dienone is 2. The molecule has 2 bridgehead atoms. The van der Waals surface area contributed by atoms with Crippen LogP contribution in [0, 0.1) is 29.1 Å². The zero-order chi connectivity index (χ0) is 15.2. The van der Waals surface area contributed by atoms with Gasteiger partial charge in [0, 0.05) is 5.57 Å². The summed E-state index contributed by atoms with van der Waals surface area (Å²) >= 11 is 0. The molecule has 3 aliphatic carbocycles. The highest BCUT2D eigenvalue weighted by atomic mass is 16.5. The molecule has 0 radical (unpaired) electrons. The van der Waals surface area contributed by atoms with Crippen LogP contribution in [0.3, 0.4) is 0 Å². The van der Waals surface area contributed by atoms with Crippen molar-refractivity contribution >= 4 is 0 Å². The van der Waals surface area contributed by atoms with Crippen LogP contribution in [-0.4, -0.2) is 13.7 Å². The van der Waals surface area contributed by atoms with Crippen molar-refractivity contribution in [2.75, 3.05) is 13.7 Å². The predicted molar refractivity (Wildman–Crippen MR) is 83.1 cm³/mol. The van der Waals surface area contributed by atoms with Crippen LogP contribution < -0.4 is 0 Å². The van der Waals surface area contributed by atoms with E-state index in [4.69, 9.17) is 9.47 Å². The van der Waals surface area contributed by atoms with Gasteiger partial charge in [0.15, 0.2) is 0 Å². The van der Waals surface area contributed by atoms with Gasteiger partial charge in [-0.15, -0.1) is 0 Å². The first-order valence-electron chi connectivity index (χ1n) is 7.95. The molecule has 3 unspecified atom stereocenters. The molecule has 0 aromatic heterocycles. The molecule has 0 N–H and O–H groups in total. The van der Waals surface area contributed by atoms with Crippen molar-refractivity contribution in [1.29, 1.82) is 5.26 Å². The zero-order valence-corrected chi connectivity index (χ0v) is 13.3. The molecular weight excluding hydrogens is 262 g/mol. The van der Waals surface area contributed by atoms with Crippen LogP contribution in [-0.2, 0) is 9.47 Å². The van der Waals surface area contributed by atoms with Gasteiger partial charge in [-0.25, -0.2) is 0 Å². The molecular formula is C18H25NO2. The molecule has 3 nitrogen and oxygen atoms in total. The van der Waals surface area contributed by atoms with Gasteiger partial charge >= 0.3 is 0 Å². The summed E-state index contributed by atoms with van der Waals surface area (Å²) in [5, 5.41) is 9.19. The molecule has 0 aromatic rings. The molecule has 0 spiro atoms. The second kappa shape index (κ2) is 7.36. The van der Waals surface area contributed by atoms with Crippen molar-refractivity contribution < 1.29 is 9.47 Å². The van der Waals surface area contributed by atoms with E-state index in [2.05, 4.69) is 32.1 Å². The molecule has 0 fully saturated rings. The van der Waals surface area contributed by atoms with Gasteiger partial charge in [0.1, 0.15) is 11.5 Å². The van der Waals surface area contributed by atoms with Gasteiger partial charge in [-0.2, -0.15) is 5.26 Å². The van der Waals surface area contributed by atoms with Gasteiger partial charge in [0.05, 0.1) is 31.6 Å². The number of hydrogen-bond donors (Lipinski definition) is 0. The lowest BCUT2D eigenvalue weighted by Gasteiger charge is -2.31. The van der Waals surface area contributed by atoms with Gasteiger partial charge in [-0.1, -0.05) is 39.2 Å². The maximum atomic E-state index is 9.19. The zero-order valence-electron chi connectivity index (χ0n) is 13.3. The Balaban J connectivity index is 1.96. The quantitative estimate of drug-likeness (QED) is 0.666. The Morgan fingerprint density at radius 1 is 1.24 bits per heavy atom. The van der Waals surface area contributed by atoms with Crippen LogP contribution in [0.4, 0.5) is 0 Å². The predicted octanol–water partition coefficient (Wildman–Crippen LogP) is 4.34. The second-order valence-electron chi connectivity index (χ2n) is 5.81. The standard InChI is InChI=1S/C18H25NO2/c1-4-6-7-13(5-2)12-21-17-10-16-15(11-19)8-14(17)9-18(16)20-3/h8-10,13-14,16H,4-7,12H2,1-3H3. The molecule has 0 saturated carbocycles. The lowest BCUT2D eigenvalue weighted by molar-refractivity contribution is 0.135. The molecule has 114 valence electrons. The van der Waals surface area contributed by atoms with Crippen LogP contribution in [0.25, 0.3) is 0 Å². The summed E-state index contributed by atoms with van der Waals surface area (Å²) in [6, 6.07) is 2.26. The molecule has 0 amide bonds. The fourth-order valence-corrected chi connectivity index (χ4v) is 2.95. The number of methoxy groups -OCH3 is 1. The third-order valence-corrected chi connectivity index (χ3v) is 4.40. The SMILES string of the molecule is CCCCC(CC)COC1=CC2C(C#N)=CC1C=C2OC. The van der Waals surface area contributed by atoms with Crippen LogP contribution >= 0.6 is 0 Å². The van der Waals surface area contributed by atoms with Gasteiger partial charge in [0.2, 0.25) is 0 Å². The smallest absolute Gasteiger partial charge is 0.105 e. The molecule has 0 saturated heterocycles. The van der Waals surface area contributed by atoms with Crippen molar-refractivity contribution in [3.05, 3.63) is 35.3 Å². The molecule has 3 heteroatoms. The Morgan fingerprint density at radius 3 is 2.62 bits per heavy atom. The van der Waals surface area contributed by atoms with E-state index < -0.39 is 0 Å². The van der Waals surface area contributed by atoms with Gasteiger partial charge in [0.25, 0.3) is 0 Å². The Hall–Kier alpha value is -1.69. The Labute approximate surface area is 127 Å². The van der Waals surface area contributed by atoms with E-state index in [1.54, 1.807) is 7.11 Å². The van der Waals surface area contributed by atoms with Crippen molar-refractivity contribution in [2.45, 2.75) is 39.5 Å². The highest BCUT2D eigenvalue weighted by molar-refractivity contribution is 5.46. The minimum absolute atomic E-state index is 0.0586. The first kappa shape index (κ1) is 15.7. The molecule has 0 aromatic carbocycles. The Bertz CT molecular complexity index is 496. The first-order chi connectivity index (χ1) is 10.2. The fraction of sp³-hybridized carbons (Fsp3) is 0.611. The van der Waals surface area contributed by atoms with Crippen LogP contribution in [0.15, 0.2) is 35.3 Å². The number of hydrogen-bond acceptors (Lipinski definition) is 3. The average Bonchev–Trinajstić information content (AvgIpc) is 2.54. The summed E-state index contributed by atoms with van der Waals surface area (Å²) in [4.78, 5) is 0. The Morgan fingerprint density at radius 2 is 2.05 bits per heavy atom. The monoisotopic (exact) mass is 287 g/mol. The number of rotatable bonds is 8. The fourth-order valence-electron chi connectivity index (χ4n) is 2.95. The minimum Gasteiger partial charge on any atom is -0.500 e. The number of ether oxygens (including phenoxy) is 2. The van der Waals surface area contributed by atoms with Crippen LogP contribution in [0.1, 0.15) is 39.5 Å². The molecule has 0 aliphatic heterocycles. The summed E-state index contributed by atoms with van der Waals surface area (Å²) in [7, 11) is 1.66. The molecule has 3 atom stereocenters. The molecule has 0 heterocycles. The Kier molecular flexibility index (Phi) is 5.50. The van der Waals surface area contributed by atoms with E-state index in [9.17, 15) is 5.26 Å². The van der Waals surface area contributed by atoms with Crippen molar-refractivity contribution in [1.82, 2.24) is 0 Å². The van der Waals surface area contributed by atoms with E-state index in [0.717, 1.165) is 30.1 Å². The van der Waals surface area contributed by atoms with Gasteiger partial charge in [-0.3, -0.25) is 0 Å². The minimum atomic E-state index is -0.0595. The lowest BCUT2D eigenvalue weighted by atomic mass is 9.80. The van der Waals surface area contributed by atoms with Crippen molar-refractivity contribution in [2.24, 2.45) is 17.8 Å². The maximum absolute atomic E-state index is 9.19. The average molecular weight is 287 g/mol. The molecule has 3 rings (SSSR count). The van der Waals surface area contributed by atoms with E-state index in [1.165, 1.54) is 19.3 Å². The van der Waals surface area contributed by atoms with Crippen LogP contribution in [0.5, 0.6) is 0 Å². The summed E-state index contributed by atoms with van der Waals surface area (Å²) in [6.45, 7) is 5.22. The van der Waals surface area contributed by atoms with Gasteiger partial charge in [-0.05, 0) is 24.5 Å².